The van der Waals surface area contributed by atoms with Crippen molar-refractivity contribution in [3.05, 3.63) is 29.8 Å². The maximum absolute atomic E-state index is 12.1. The Labute approximate surface area is 136 Å². The topological polar surface area (TPSA) is 110 Å². The molecule has 1 aliphatic heterocycles. The lowest BCUT2D eigenvalue weighted by atomic mass is 10.1. The molecule has 0 saturated carbocycles. The van der Waals surface area contributed by atoms with Crippen LogP contribution in [-0.2, 0) is 21.4 Å². The van der Waals surface area contributed by atoms with Crippen molar-refractivity contribution in [2.24, 2.45) is 5.14 Å². The van der Waals surface area contributed by atoms with Gasteiger partial charge in [0.2, 0.25) is 5.91 Å². The van der Waals surface area contributed by atoms with E-state index in [0.717, 1.165) is 5.56 Å². The van der Waals surface area contributed by atoms with Crippen LogP contribution in [0.25, 0.3) is 0 Å². The van der Waals surface area contributed by atoms with E-state index in [1.165, 1.54) is 4.31 Å². The molecule has 0 aromatic heterocycles. The lowest BCUT2D eigenvalue weighted by Gasteiger charge is -2.33. The van der Waals surface area contributed by atoms with Crippen LogP contribution in [0.3, 0.4) is 0 Å². The second-order valence-electron chi connectivity index (χ2n) is 5.02. The number of nitrogen functional groups attached to an aromatic ring is 1. The summed E-state index contributed by atoms with van der Waals surface area (Å²) in [5, 5.41) is 5.06. The number of para-hydroxylation sites is 1. The summed E-state index contributed by atoms with van der Waals surface area (Å²) >= 11 is 0. The van der Waals surface area contributed by atoms with Crippen molar-refractivity contribution in [2.75, 3.05) is 31.9 Å². The summed E-state index contributed by atoms with van der Waals surface area (Å²) in [7, 11) is -3.66. The highest BCUT2D eigenvalue weighted by Crippen LogP contribution is 2.14. The predicted octanol–water partition coefficient (Wildman–Crippen LogP) is -0.0291. The Morgan fingerprint density at radius 2 is 1.73 bits per heavy atom. The summed E-state index contributed by atoms with van der Waals surface area (Å²) in [6, 6.07) is 7.46. The van der Waals surface area contributed by atoms with Crippen LogP contribution in [0.2, 0.25) is 0 Å². The van der Waals surface area contributed by atoms with Gasteiger partial charge < -0.3 is 10.6 Å². The zero-order valence-electron chi connectivity index (χ0n) is 12.1. The molecule has 0 spiro atoms. The Morgan fingerprint density at radius 3 is 2.27 bits per heavy atom. The van der Waals surface area contributed by atoms with Gasteiger partial charge in [0.25, 0.3) is 10.2 Å². The summed E-state index contributed by atoms with van der Waals surface area (Å²) in [4.78, 5) is 13.8. The standard InChI is InChI=1S/C13H20N4O3S.ClH/c14-12-4-2-1-3-11(12)5-6-13(18)16-7-9-17(10-8-16)21(15,19)20;/h1-4H,5-10,14H2,(H2,15,19,20);1H. The monoisotopic (exact) mass is 348 g/mol. The maximum atomic E-state index is 12.1. The molecule has 0 unspecified atom stereocenters. The Bertz CT molecular complexity index is 615. The third-order valence-electron chi connectivity index (χ3n) is 3.61. The van der Waals surface area contributed by atoms with Gasteiger partial charge in [0.15, 0.2) is 0 Å². The number of hydrogen-bond donors (Lipinski definition) is 2. The molecule has 1 saturated heterocycles. The minimum Gasteiger partial charge on any atom is -0.399 e. The minimum atomic E-state index is -3.66. The van der Waals surface area contributed by atoms with Crippen LogP contribution in [0.15, 0.2) is 24.3 Å². The molecular weight excluding hydrogens is 328 g/mol. The minimum absolute atomic E-state index is 0. The Morgan fingerprint density at radius 1 is 1.14 bits per heavy atom. The lowest BCUT2D eigenvalue weighted by molar-refractivity contribution is -0.132. The van der Waals surface area contributed by atoms with E-state index >= 15 is 0 Å². The van der Waals surface area contributed by atoms with Crippen molar-refractivity contribution >= 4 is 34.2 Å². The molecule has 1 fully saturated rings. The maximum Gasteiger partial charge on any atom is 0.277 e. The number of nitrogens with two attached hydrogens (primary N) is 2. The van der Waals surface area contributed by atoms with Crippen LogP contribution in [0.4, 0.5) is 5.69 Å². The van der Waals surface area contributed by atoms with Gasteiger partial charge in [0.1, 0.15) is 0 Å². The molecule has 0 atom stereocenters. The zero-order valence-corrected chi connectivity index (χ0v) is 13.8. The number of piperazine rings is 1. The molecule has 1 aliphatic rings. The second-order valence-corrected chi connectivity index (χ2v) is 6.57. The lowest BCUT2D eigenvalue weighted by Crippen LogP contribution is -2.52. The van der Waals surface area contributed by atoms with Crippen LogP contribution in [0.1, 0.15) is 12.0 Å². The average molecular weight is 349 g/mol. The van der Waals surface area contributed by atoms with Crippen molar-refractivity contribution in [2.45, 2.75) is 12.8 Å². The van der Waals surface area contributed by atoms with Gasteiger partial charge in [0.05, 0.1) is 0 Å². The number of amides is 1. The molecule has 1 aromatic rings. The number of nitrogens with zero attached hydrogens (tertiary/aromatic N) is 2. The number of benzene rings is 1. The fraction of sp³-hybridized carbons (Fsp3) is 0.462. The van der Waals surface area contributed by atoms with Gasteiger partial charge in [-0.1, -0.05) is 18.2 Å². The smallest absolute Gasteiger partial charge is 0.277 e. The van der Waals surface area contributed by atoms with Gasteiger partial charge in [0, 0.05) is 38.3 Å². The van der Waals surface area contributed by atoms with Crippen molar-refractivity contribution in [3.63, 3.8) is 0 Å². The molecule has 0 bridgehead atoms. The molecule has 124 valence electrons. The Balaban J connectivity index is 0.00000242. The van der Waals surface area contributed by atoms with Crippen molar-refractivity contribution in [3.8, 4) is 0 Å². The summed E-state index contributed by atoms with van der Waals surface area (Å²) in [5.41, 5.74) is 7.48. The average Bonchev–Trinajstić information content (AvgIpc) is 2.45. The molecule has 7 nitrogen and oxygen atoms in total. The van der Waals surface area contributed by atoms with Gasteiger partial charge >= 0.3 is 0 Å². The third kappa shape index (κ3) is 4.84. The molecule has 0 radical (unpaired) electrons. The predicted molar refractivity (Wildman–Crippen MR) is 87.7 cm³/mol. The largest absolute Gasteiger partial charge is 0.399 e. The van der Waals surface area contributed by atoms with Crippen LogP contribution in [0.5, 0.6) is 0 Å². The summed E-state index contributed by atoms with van der Waals surface area (Å²) in [5.74, 6) is 0.00678. The number of rotatable bonds is 4. The number of anilines is 1. The first-order valence-electron chi connectivity index (χ1n) is 6.77. The zero-order chi connectivity index (χ0) is 15.5. The normalized spacial score (nSPS) is 16.1. The van der Waals surface area contributed by atoms with Gasteiger partial charge in [-0.2, -0.15) is 12.7 Å². The van der Waals surface area contributed by atoms with E-state index in [9.17, 15) is 13.2 Å². The Hall–Kier alpha value is -1.35. The van der Waals surface area contributed by atoms with Gasteiger partial charge in [-0.05, 0) is 18.1 Å². The van der Waals surface area contributed by atoms with Crippen LogP contribution in [-0.4, -0.2) is 49.7 Å². The van der Waals surface area contributed by atoms with E-state index in [0.29, 0.717) is 31.6 Å². The highest BCUT2D eigenvalue weighted by molar-refractivity contribution is 7.86. The number of aryl methyl sites for hydroxylation is 1. The van der Waals surface area contributed by atoms with E-state index in [1.54, 1.807) is 4.90 Å². The molecule has 1 aromatic carbocycles. The number of carbonyl (C=O) groups is 1. The fourth-order valence-corrected chi connectivity index (χ4v) is 3.03. The van der Waals surface area contributed by atoms with E-state index in [1.807, 2.05) is 24.3 Å². The molecule has 0 aliphatic carbocycles. The van der Waals surface area contributed by atoms with Crippen molar-refractivity contribution < 1.29 is 13.2 Å². The van der Waals surface area contributed by atoms with E-state index in [-0.39, 0.29) is 31.4 Å². The summed E-state index contributed by atoms with van der Waals surface area (Å²) in [6.45, 7) is 1.25. The molecule has 22 heavy (non-hydrogen) atoms. The van der Waals surface area contributed by atoms with E-state index in [4.69, 9.17) is 10.9 Å². The Kier molecular flexibility index (Phi) is 6.61. The first-order valence-corrected chi connectivity index (χ1v) is 8.27. The highest BCUT2D eigenvalue weighted by Gasteiger charge is 2.26. The number of halogens is 1. The van der Waals surface area contributed by atoms with Gasteiger partial charge in [-0.15, -0.1) is 12.4 Å². The van der Waals surface area contributed by atoms with Crippen molar-refractivity contribution in [1.29, 1.82) is 0 Å². The molecular formula is C13H21ClN4O3S. The first kappa shape index (κ1) is 18.7. The molecule has 9 heteroatoms. The van der Waals surface area contributed by atoms with Crippen molar-refractivity contribution in [1.82, 2.24) is 9.21 Å². The fourth-order valence-electron chi connectivity index (χ4n) is 2.35. The molecule has 1 heterocycles. The van der Waals surface area contributed by atoms with Gasteiger partial charge in [-0.25, -0.2) is 5.14 Å². The quantitative estimate of drug-likeness (QED) is 0.744. The summed E-state index contributed by atoms with van der Waals surface area (Å²) < 4.78 is 23.6. The molecule has 2 rings (SSSR count). The number of carbonyl (C=O) groups excluding carboxylic acids is 1. The third-order valence-corrected chi connectivity index (χ3v) is 4.70. The first-order chi connectivity index (χ1) is 9.88. The van der Waals surface area contributed by atoms with Gasteiger partial charge in [-0.3, -0.25) is 4.79 Å². The van der Waals surface area contributed by atoms with E-state index < -0.39 is 10.2 Å². The molecule has 1 amide bonds. The van der Waals surface area contributed by atoms with E-state index in [2.05, 4.69) is 0 Å². The second kappa shape index (κ2) is 7.77. The van der Waals surface area contributed by atoms with Crippen LogP contribution >= 0.6 is 12.4 Å². The van der Waals surface area contributed by atoms with Crippen LogP contribution < -0.4 is 10.9 Å². The highest BCUT2D eigenvalue weighted by atomic mass is 35.5. The number of hydrogen-bond acceptors (Lipinski definition) is 4. The summed E-state index contributed by atoms with van der Waals surface area (Å²) in [6.07, 6.45) is 0.949. The molecule has 4 N–H and O–H groups in total. The van der Waals surface area contributed by atoms with Crippen LogP contribution in [0, 0.1) is 0 Å². The SMILES string of the molecule is Cl.Nc1ccccc1CCC(=O)N1CCN(S(N)(=O)=O)CC1.